The lowest BCUT2D eigenvalue weighted by molar-refractivity contribution is 0.581. The van der Waals surface area contributed by atoms with Crippen molar-refractivity contribution < 1.29 is 8.83 Å². The van der Waals surface area contributed by atoms with Gasteiger partial charge in [0.2, 0.25) is 0 Å². The summed E-state index contributed by atoms with van der Waals surface area (Å²) in [5.41, 5.74) is 3.43. The third kappa shape index (κ3) is 1.88. The molecule has 0 bridgehead atoms. The number of rotatable bonds is 2. The molecule has 4 aromatic rings. The quantitative estimate of drug-likeness (QED) is 0.471. The third-order valence-corrected chi connectivity index (χ3v) is 3.80. The van der Waals surface area contributed by atoms with Crippen molar-refractivity contribution in [3.05, 3.63) is 72.7 Å². The largest absolute Gasteiger partial charge is 0.464 e. The number of fused-ring (bicyclic) bond motifs is 1. The zero-order valence-electron chi connectivity index (χ0n) is 11.7. The van der Waals surface area contributed by atoms with E-state index >= 15 is 0 Å². The SMILES string of the molecule is Cc1cc(-c2ccco2)c2ccccc2c1-c1ccco1. The smallest absolute Gasteiger partial charge is 0.134 e. The fourth-order valence-electron chi connectivity index (χ4n) is 2.90. The van der Waals surface area contributed by atoms with E-state index in [2.05, 4.69) is 37.3 Å². The highest BCUT2D eigenvalue weighted by molar-refractivity contribution is 6.04. The molecular weight excluding hydrogens is 260 g/mol. The minimum absolute atomic E-state index is 0.889. The van der Waals surface area contributed by atoms with E-state index in [1.165, 1.54) is 16.3 Å². The van der Waals surface area contributed by atoms with Gasteiger partial charge in [0.15, 0.2) is 0 Å². The van der Waals surface area contributed by atoms with E-state index in [-0.39, 0.29) is 0 Å². The highest BCUT2D eigenvalue weighted by Gasteiger charge is 2.15. The number of hydrogen-bond acceptors (Lipinski definition) is 2. The molecular formula is C19H14O2. The summed E-state index contributed by atoms with van der Waals surface area (Å²) in [5.74, 6) is 1.79. The average molecular weight is 274 g/mol. The molecule has 0 fully saturated rings. The van der Waals surface area contributed by atoms with Gasteiger partial charge in [-0.15, -0.1) is 0 Å². The Morgan fingerprint density at radius 3 is 2.05 bits per heavy atom. The van der Waals surface area contributed by atoms with Crippen LogP contribution >= 0.6 is 0 Å². The second kappa shape index (κ2) is 4.67. The Kier molecular flexibility index (Phi) is 2.68. The van der Waals surface area contributed by atoms with Crippen LogP contribution in [0.25, 0.3) is 33.4 Å². The van der Waals surface area contributed by atoms with E-state index in [9.17, 15) is 0 Å². The van der Waals surface area contributed by atoms with Crippen molar-refractivity contribution in [2.45, 2.75) is 6.92 Å². The summed E-state index contributed by atoms with van der Waals surface area (Å²) in [6, 6.07) is 18.4. The van der Waals surface area contributed by atoms with Gasteiger partial charge in [0.1, 0.15) is 11.5 Å². The fourth-order valence-corrected chi connectivity index (χ4v) is 2.90. The molecule has 0 saturated carbocycles. The van der Waals surface area contributed by atoms with Gasteiger partial charge < -0.3 is 8.83 Å². The fraction of sp³-hybridized carbons (Fsp3) is 0.0526. The third-order valence-electron chi connectivity index (χ3n) is 3.80. The second-order valence-electron chi connectivity index (χ2n) is 5.12. The molecule has 0 aliphatic carbocycles. The minimum Gasteiger partial charge on any atom is -0.464 e. The monoisotopic (exact) mass is 274 g/mol. The summed E-state index contributed by atoms with van der Waals surface area (Å²) < 4.78 is 11.2. The van der Waals surface area contributed by atoms with Gasteiger partial charge in [-0.3, -0.25) is 0 Å². The highest BCUT2D eigenvalue weighted by atomic mass is 16.3. The molecule has 4 rings (SSSR count). The Bertz CT molecular complexity index is 885. The maximum absolute atomic E-state index is 5.62. The van der Waals surface area contributed by atoms with Gasteiger partial charge in [-0.1, -0.05) is 24.3 Å². The molecule has 0 spiro atoms. The molecule has 0 saturated heterocycles. The molecule has 0 radical (unpaired) electrons. The van der Waals surface area contributed by atoms with Crippen LogP contribution in [0, 0.1) is 6.92 Å². The maximum Gasteiger partial charge on any atom is 0.134 e. The first-order chi connectivity index (χ1) is 10.3. The van der Waals surface area contributed by atoms with Crippen LogP contribution in [-0.2, 0) is 0 Å². The van der Waals surface area contributed by atoms with E-state index < -0.39 is 0 Å². The van der Waals surface area contributed by atoms with Crippen molar-refractivity contribution in [3.63, 3.8) is 0 Å². The molecule has 0 N–H and O–H groups in total. The van der Waals surface area contributed by atoms with Gasteiger partial charge in [-0.2, -0.15) is 0 Å². The van der Waals surface area contributed by atoms with Crippen LogP contribution in [0.15, 0.2) is 76.0 Å². The summed E-state index contributed by atoms with van der Waals surface area (Å²) in [7, 11) is 0. The summed E-state index contributed by atoms with van der Waals surface area (Å²) >= 11 is 0. The maximum atomic E-state index is 5.62. The van der Waals surface area contributed by atoms with Crippen molar-refractivity contribution in [3.8, 4) is 22.6 Å². The van der Waals surface area contributed by atoms with Gasteiger partial charge in [-0.05, 0) is 53.6 Å². The molecule has 0 atom stereocenters. The molecule has 0 aliphatic heterocycles. The van der Waals surface area contributed by atoms with Gasteiger partial charge >= 0.3 is 0 Å². The lowest BCUT2D eigenvalue weighted by Gasteiger charge is -2.12. The molecule has 21 heavy (non-hydrogen) atoms. The van der Waals surface area contributed by atoms with Crippen LogP contribution < -0.4 is 0 Å². The standard InChI is InChI=1S/C19H14O2/c1-13-12-16(17-8-4-10-20-17)14-6-2-3-7-15(14)19(13)18-9-5-11-21-18/h2-12H,1H3. The highest BCUT2D eigenvalue weighted by Crippen LogP contribution is 2.38. The van der Waals surface area contributed by atoms with E-state index in [1.54, 1.807) is 12.5 Å². The van der Waals surface area contributed by atoms with Crippen molar-refractivity contribution in [2.24, 2.45) is 0 Å². The van der Waals surface area contributed by atoms with Crippen molar-refractivity contribution in [1.29, 1.82) is 0 Å². The summed E-state index contributed by atoms with van der Waals surface area (Å²) in [6.07, 6.45) is 3.42. The Morgan fingerprint density at radius 1 is 0.714 bits per heavy atom. The van der Waals surface area contributed by atoms with Crippen molar-refractivity contribution in [1.82, 2.24) is 0 Å². The molecule has 0 amide bonds. The first-order valence-corrected chi connectivity index (χ1v) is 6.95. The predicted molar refractivity (Wildman–Crippen MR) is 84.1 cm³/mol. The van der Waals surface area contributed by atoms with Crippen LogP contribution in [0.2, 0.25) is 0 Å². The lowest BCUT2D eigenvalue weighted by atomic mass is 9.93. The minimum atomic E-state index is 0.889. The Balaban J connectivity index is 2.11. The van der Waals surface area contributed by atoms with Crippen LogP contribution in [0.4, 0.5) is 0 Å². The second-order valence-corrected chi connectivity index (χ2v) is 5.12. The first-order valence-electron chi connectivity index (χ1n) is 6.95. The molecule has 2 heterocycles. The molecule has 0 aliphatic rings. The van der Waals surface area contributed by atoms with Gasteiger partial charge in [0.25, 0.3) is 0 Å². The molecule has 102 valence electrons. The summed E-state index contributed by atoms with van der Waals surface area (Å²) in [4.78, 5) is 0. The first kappa shape index (κ1) is 12.0. The molecule has 2 heteroatoms. The van der Waals surface area contributed by atoms with E-state index in [0.717, 1.165) is 22.6 Å². The number of aryl methyl sites for hydroxylation is 1. The van der Waals surface area contributed by atoms with E-state index in [0.29, 0.717) is 0 Å². The van der Waals surface area contributed by atoms with Gasteiger partial charge in [0, 0.05) is 11.1 Å². The van der Waals surface area contributed by atoms with Gasteiger partial charge in [0.05, 0.1) is 12.5 Å². The number of furan rings is 2. The Hall–Kier alpha value is -2.74. The zero-order chi connectivity index (χ0) is 14.2. The van der Waals surface area contributed by atoms with Crippen molar-refractivity contribution in [2.75, 3.05) is 0 Å². The van der Waals surface area contributed by atoms with Crippen LogP contribution in [-0.4, -0.2) is 0 Å². The van der Waals surface area contributed by atoms with Crippen LogP contribution in [0.3, 0.4) is 0 Å². The van der Waals surface area contributed by atoms with Crippen molar-refractivity contribution >= 4 is 10.8 Å². The summed E-state index contributed by atoms with van der Waals surface area (Å²) in [5, 5.41) is 2.35. The molecule has 2 aromatic heterocycles. The van der Waals surface area contributed by atoms with Crippen LogP contribution in [0.5, 0.6) is 0 Å². The summed E-state index contributed by atoms with van der Waals surface area (Å²) in [6.45, 7) is 2.11. The van der Waals surface area contributed by atoms with E-state index in [1.807, 2.05) is 24.3 Å². The molecule has 2 nitrogen and oxygen atoms in total. The number of hydrogen-bond donors (Lipinski definition) is 0. The van der Waals surface area contributed by atoms with Crippen LogP contribution in [0.1, 0.15) is 5.56 Å². The molecule has 2 aromatic carbocycles. The normalized spacial score (nSPS) is 11.1. The van der Waals surface area contributed by atoms with E-state index in [4.69, 9.17) is 8.83 Å². The zero-order valence-corrected chi connectivity index (χ0v) is 11.7. The average Bonchev–Trinajstić information content (AvgIpc) is 3.20. The van der Waals surface area contributed by atoms with Gasteiger partial charge in [-0.25, -0.2) is 0 Å². The predicted octanol–water partition coefficient (Wildman–Crippen LogP) is 5.67. The number of benzene rings is 2. The Labute approximate surface area is 122 Å². The lowest BCUT2D eigenvalue weighted by Crippen LogP contribution is -1.88. The Morgan fingerprint density at radius 2 is 1.38 bits per heavy atom. The topological polar surface area (TPSA) is 26.3 Å². The molecule has 0 unspecified atom stereocenters.